The van der Waals surface area contributed by atoms with Crippen molar-refractivity contribution in [3.05, 3.63) is 46.8 Å². The molecule has 1 aromatic rings. The summed E-state index contributed by atoms with van der Waals surface area (Å²) in [5.74, 6) is -2.98. The number of rotatable bonds is 2. The van der Waals surface area contributed by atoms with Crippen LogP contribution in [-0.2, 0) is 11.2 Å². The van der Waals surface area contributed by atoms with Crippen molar-refractivity contribution in [2.75, 3.05) is 0 Å². The minimum Gasteiger partial charge on any atom is -0.444 e. The molecular weight excluding hydrogens is 343 g/mol. The third-order valence-corrected chi connectivity index (χ3v) is 4.82. The number of ether oxygens (including phenoxy) is 1. The molecule has 1 aromatic carbocycles. The van der Waals surface area contributed by atoms with Crippen LogP contribution >= 0.6 is 0 Å². The predicted molar refractivity (Wildman–Crippen MR) is 92.2 cm³/mol. The van der Waals surface area contributed by atoms with Crippen LogP contribution in [0.4, 0.5) is 18.0 Å². The fourth-order valence-electron chi connectivity index (χ4n) is 3.79. The Balaban J connectivity index is 1.80. The Kier molecular flexibility index (Phi) is 5.04. The minimum atomic E-state index is -1.18. The fraction of sp³-hybridized carbons (Fsp3) is 0.550. The van der Waals surface area contributed by atoms with Gasteiger partial charge < -0.3 is 4.74 Å². The number of piperidine rings is 1. The van der Waals surface area contributed by atoms with Crippen molar-refractivity contribution < 1.29 is 22.7 Å². The summed E-state index contributed by atoms with van der Waals surface area (Å²) in [4.78, 5) is 14.3. The Hall–Kier alpha value is -1.98. The normalized spacial score (nSPS) is 22.8. The second-order valence-electron chi connectivity index (χ2n) is 8.10. The second kappa shape index (κ2) is 6.97. The maximum Gasteiger partial charge on any atom is 0.411 e. The zero-order valence-corrected chi connectivity index (χ0v) is 15.3. The van der Waals surface area contributed by atoms with Crippen LogP contribution in [0.3, 0.4) is 0 Å². The van der Waals surface area contributed by atoms with Crippen molar-refractivity contribution >= 4 is 6.09 Å². The summed E-state index contributed by atoms with van der Waals surface area (Å²) >= 11 is 0. The van der Waals surface area contributed by atoms with Gasteiger partial charge in [-0.1, -0.05) is 11.6 Å². The van der Waals surface area contributed by atoms with E-state index in [1.165, 1.54) is 0 Å². The maximum absolute atomic E-state index is 13.9. The first-order valence-electron chi connectivity index (χ1n) is 8.98. The number of hydrogen-bond acceptors (Lipinski definition) is 2. The molecule has 0 saturated carbocycles. The molecule has 0 aliphatic carbocycles. The molecule has 0 N–H and O–H groups in total. The van der Waals surface area contributed by atoms with Crippen LogP contribution in [-0.4, -0.2) is 28.7 Å². The lowest BCUT2D eigenvalue weighted by atomic mass is 9.83. The maximum atomic E-state index is 13.9. The molecular formula is C20H24F3NO2. The van der Waals surface area contributed by atoms with Crippen LogP contribution in [0.15, 0.2) is 23.8 Å². The van der Waals surface area contributed by atoms with Crippen LogP contribution < -0.4 is 0 Å². The average Bonchev–Trinajstić information content (AvgIpc) is 2.50. The van der Waals surface area contributed by atoms with Gasteiger partial charge in [0.15, 0.2) is 11.6 Å². The summed E-state index contributed by atoms with van der Waals surface area (Å²) in [6, 6.07) is 1.40. The molecule has 2 heterocycles. The number of halogens is 3. The summed E-state index contributed by atoms with van der Waals surface area (Å²) in [5, 5.41) is 0. The van der Waals surface area contributed by atoms with Gasteiger partial charge in [-0.3, -0.25) is 4.90 Å². The van der Waals surface area contributed by atoms with Crippen molar-refractivity contribution in [1.82, 2.24) is 4.90 Å². The van der Waals surface area contributed by atoms with Crippen molar-refractivity contribution in [1.29, 1.82) is 0 Å². The fourth-order valence-corrected chi connectivity index (χ4v) is 3.79. The molecule has 6 heteroatoms. The molecule has 1 saturated heterocycles. The van der Waals surface area contributed by atoms with Crippen molar-refractivity contribution in [3.8, 4) is 0 Å². The van der Waals surface area contributed by atoms with Crippen molar-refractivity contribution in [2.45, 2.75) is 70.6 Å². The topological polar surface area (TPSA) is 29.5 Å². The van der Waals surface area contributed by atoms with E-state index in [9.17, 15) is 18.0 Å². The number of carbonyl (C=O) groups excluding carboxylic acids is 1. The van der Waals surface area contributed by atoms with Gasteiger partial charge in [0.25, 0.3) is 0 Å². The lowest BCUT2D eigenvalue weighted by molar-refractivity contribution is -0.00151. The smallest absolute Gasteiger partial charge is 0.411 e. The molecule has 1 amide bonds. The quantitative estimate of drug-likeness (QED) is 0.535. The largest absolute Gasteiger partial charge is 0.444 e. The molecule has 1 fully saturated rings. The van der Waals surface area contributed by atoms with Gasteiger partial charge in [-0.25, -0.2) is 18.0 Å². The first-order chi connectivity index (χ1) is 12.1. The average molecular weight is 367 g/mol. The Bertz CT molecular complexity index is 739. The second-order valence-corrected chi connectivity index (χ2v) is 8.10. The van der Waals surface area contributed by atoms with Crippen molar-refractivity contribution in [3.63, 3.8) is 0 Å². The highest BCUT2D eigenvalue weighted by atomic mass is 19.2. The van der Waals surface area contributed by atoms with Gasteiger partial charge in [0.2, 0.25) is 0 Å². The van der Waals surface area contributed by atoms with Gasteiger partial charge in [-0.05, 0) is 64.5 Å². The minimum absolute atomic E-state index is 0.00282. The Morgan fingerprint density at radius 2 is 1.85 bits per heavy atom. The Morgan fingerprint density at radius 3 is 2.50 bits per heavy atom. The molecule has 0 spiro atoms. The third kappa shape index (κ3) is 4.05. The molecule has 2 aliphatic rings. The number of fused-ring (bicyclic) bond motifs is 2. The lowest BCUT2D eigenvalue weighted by Gasteiger charge is -2.45. The van der Waals surface area contributed by atoms with E-state index in [4.69, 9.17) is 4.74 Å². The number of nitrogens with zero attached hydrogens (tertiary/aromatic N) is 1. The molecule has 142 valence electrons. The lowest BCUT2D eigenvalue weighted by Crippen LogP contribution is -2.53. The molecule has 2 atom stereocenters. The summed E-state index contributed by atoms with van der Waals surface area (Å²) in [6.07, 6.45) is 5.12. The molecule has 2 aliphatic heterocycles. The van der Waals surface area contributed by atoms with Crippen LogP contribution in [0.2, 0.25) is 0 Å². The Morgan fingerprint density at radius 1 is 1.15 bits per heavy atom. The zero-order chi connectivity index (χ0) is 19.1. The standard InChI is InChI=1S/C20H24F3NO2/c1-20(2,3)26-19(25)24-14-5-4-6-15(24)9-12(8-14)7-13-10-17(22)18(23)11-16(13)21/h8,10-11,14-15H,4-7,9H2,1-3H3. The van der Waals surface area contributed by atoms with E-state index in [0.717, 1.165) is 30.9 Å². The van der Waals surface area contributed by atoms with Crippen LogP contribution in [0.5, 0.6) is 0 Å². The summed E-state index contributed by atoms with van der Waals surface area (Å²) in [7, 11) is 0. The summed E-state index contributed by atoms with van der Waals surface area (Å²) in [5.41, 5.74) is 0.521. The van der Waals surface area contributed by atoms with Crippen LogP contribution in [0, 0.1) is 17.5 Å². The molecule has 26 heavy (non-hydrogen) atoms. The summed E-state index contributed by atoms with van der Waals surface area (Å²) in [6.45, 7) is 5.49. The third-order valence-electron chi connectivity index (χ3n) is 4.82. The van der Waals surface area contributed by atoms with E-state index in [2.05, 4.69) is 0 Å². The Labute approximate surface area is 151 Å². The molecule has 3 nitrogen and oxygen atoms in total. The van der Waals surface area contributed by atoms with E-state index in [-0.39, 0.29) is 30.2 Å². The van der Waals surface area contributed by atoms with Crippen molar-refractivity contribution in [2.24, 2.45) is 0 Å². The zero-order valence-electron chi connectivity index (χ0n) is 15.3. The van der Waals surface area contributed by atoms with Gasteiger partial charge >= 0.3 is 6.09 Å². The molecule has 0 radical (unpaired) electrons. The van der Waals surface area contributed by atoms with E-state index in [0.29, 0.717) is 12.5 Å². The van der Waals surface area contributed by atoms with E-state index < -0.39 is 23.1 Å². The number of hydrogen-bond donors (Lipinski definition) is 0. The van der Waals surface area contributed by atoms with Gasteiger partial charge in [-0.15, -0.1) is 0 Å². The number of benzene rings is 1. The monoisotopic (exact) mass is 367 g/mol. The summed E-state index contributed by atoms with van der Waals surface area (Å²) < 4.78 is 46.0. The first kappa shape index (κ1) is 18.8. The van der Waals surface area contributed by atoms with E-state index in [1.54, 1.807) is 4.90 Å². The van der Waals surface area contributed by atoms with Crippen LogP contribution in [0.25, 0.3) is 0 Å². The molecule has 3 rings (SSSR count). The predicted octanol–water partition coefficient (Wildman–Crippen LogP) is 5.13. The molecule has 2 unspecified atom stereocenters. The van der Waals surface area contributed by atoms with Gasteiger partial charge in [0.05, 0.1) is 6.04 Å². The molecule has 0 aromatic heterocycles. The number of amides is 1. The highest BCUT2D eigenvalue weighted by molar-refractivity contribution is 5.70. The van der Waals surface area contributed by atoms with Crippen LogP contribution in [0.1, 0.15) is 52.0 Å². The van der Waals surface area contributed by atoms with Gasteiger partial charge in [0, 0.05) is 12.1 Å². The highest BCUT2D eigenvalue weighted by Crippen LogP contribution is 2.35. The first-order valence-corrected chi connectivity index (χ1v) is 8.98. The van der Waals surface area contributed by atoms with Gasteiger partial charge in [0.1, 0.15) is 11.4 Å². The molecule has 2 bridgehead atoms. The number of carbonyl (C=O) groups is 1. The SMILES string of the molecule is CC(C)(C)OC(=O)N1C2C=C(Cc3cc(F)c(F)cc3F)CC1CCC2. The van der Waals surface area contributed by atoms with Gasteiger partial charge in [-0.2, -0.15) is 0 Å². The van der Waals surface area contributed by atoms with E-state index >= 15 is 0 Å². The highest BCUT2D eigenvalue weighted by Gasteiger charge is 2.39. The van der Waals surface area contributed by atoms with E-state index in [1.807, 2.05) is 26.8 Å².